The number of esters is 1. The van der Waals surface area contributed by atoms with E-state index in [1.54, 1.807) is 6.07 Å². The van der Waals surface area contributed by atoms with Crippen LogP contribution in [0.3, 0.4) is 0 Å². The van der Waals surface area contributed by atoms with Gasteiger partial charge in [-0.05, 0) is 12.1 Å². The summed E-state index contributed by atoms with van der Waals surface area (Å²) in [5, 5.41) is 5.02. The average molecular weight is 417 g/mol. The number of ether oxygens (including phenoxy) is 3. The van der Waals surface area contributed by atoms with Gasteiger partial charge in [0, 0.05) is 25.2 Å². The zero-order chi connectivity index (χ0) is 21.7. The molecule has 0 spiro atoms. The van der Waals surface area contributed by atoms with Gasteiger partial charge in [0.2, 0.25) is 0 Å². The topological polar surface area (TPSA) is 136 Å². The van der Waals surface area contributed by atoms with Crippen molar-refractivity contribution < 1.29 is 37.8 Å². The highest BCUT2D eigenvalue weighted by atomic mass is 16.5. The molecule has 30 heavy (non-hydrogen) atoms. The van der Waals surface area contributed by atoms with Crippen molar-refractivity contribution in [3.05, 3.63) is 41.9 Å². The van der Waals surface area contributed by atoms with Crippen LogP contribution in [-0.4, -0.2) is 62.6 Å². The smallest absolute Gasteiger partial charge is 0.340 e. The van der Waals surface area contributed by atoms with Crippen molar-refractivity contribution in [3.8, 4) is 11.5 Å². The van der Waals surface area contributed by atoms with Crippen LogP contribution >= 0.6 is 0 Å². The average Bonchev–Trinajstić information content (AvgIpc) is 3.43. The van der Waals surface area contributed by atoms with Crippen LogP contribution in [0.2, 0.25) is 0 Å². The minimum Gasteiger partial charge on any atom is -0.493 e. The van der Waals surface area contributed by atoms with Crippen molar-refractivity contribution >= 4 is 29.5 Å². The highest BCUT2D eigenvalue weighted by Crippen LogP contribution is 2.34. The number of nitrogens with one attached hydrogen (secondary N) is 2. The Morgan fingerprint density at radius 2 is 1.93 bits per heavy atom. The van der Waals surface area contributed by atoms with E-state index in [-0.39, 0.29) is 35.1 Å². The second-order valence-corrected chi connectivity index (χ2v) is 6.04. The normalized spacial score (nSPS) is 12.9. The van der Waals surface area contributed by atoms with Crippen molar-refractivity contribution in [2.45, 2.75) is 0 Å². The van der Waals surface area contributed by atoms with E-state index in [0.29, 0.717) is 6.54 Å². The van der Waals surface area contributed by atoms with Gasteiger partial charge in [-0.15, -0.1) is 0 Å². The minimum absolute atomic E-state index is 0.0272. The Labute approximate surface area is 170 Å². The largest absolute Gasteiger partial charge is 0.493 e. The van der Waals surface area contributed by atoms with Gasteiger partial charge in [0.25, 0.3) is 11.8 Å². The summed E-state index contributed by atoms with van der Waals surface area (Å²) in [7, 11) is 2.78. The number of urea groups is 1. The Balaban J connectivity index is 1.81. The number of hydrogen-bond donors (Lipinski definition) is 2. The van der Waals surface area contributed by atoms with Crippen LogP contribution in [0.5, 0.6) is 11.5 Å². The first-order valence-electron chi connectivity index (χ1n) is 8.80. The van der Waals surface area contributed by atoms with E-state index in [1.807, 2.05) is 0 Å². The molecule has 158 valence electrons. The lowest BCUT2D eigenvalue weighted by molar-refractivity contribution is -0.130. The molecular formula is C19H19N3O8. The quantitative estimate of drug-likeness (QED) is 0.643. The Morgan fingerprint density at radius 1 is 1.20 bits per heavy atom. The number of amides is 4. The van der Waals surface area contributed by atoms with Crippen LogP contribution in [0.1, 0.15) is 20.9 Å². The number of anilines is 1. The van der Waals surface area contributed by atoms with Crippen LogP contribution in [0.25, 0.3) is 0 Å². The van der Waals surface area contributed by atoms with E-state index < -0.39 is 30.4 Å². The Morgan fingerprint density at radius 3 is 2.53 bits per heavy atom. The highest BCUT2D eigenvalue weighted by molar-refractivity contribution is 6.07. The predicted octanol–water partition coefficient (Wildman–Crippen LogP) is 1.26. The van der Waals surface area contributed by atoms with Crippen LogP contribution in [0, 0.1) is 0 Å². The summed E-state index contributed by atoms with van der Waals surface area (Å²) in [5.41, 5.74) is -0.0170. The lowest BCUT2D eigenvalue weighted by Crippen LogP contribution is -2.37. The van der Waals surface area contributed by atoms with Crippen LogP contribution in [-0.2, 0) is 9.53 Å². The second-order valence-electron chi connectivity index (χ2n) is 6.04. The van der Waals surface area contributed by atoms with Crippen molar-refractivity contribution in [3.63, 3.8) is 0 Å². The van der Waals surface area contributed by atoms with E-state index in [1.165, 1.54) is 38.7 Å². The molecule has 2 heterocycles. The van der Waals surface area contributed by atoms with E-state index in [2.05, 4.69) is 10.6 Å². The number of hydrogen-bond acceptors (Lipinski definition) is 8. The minimum atomic E-state index is -0.904. The summed E-state index contributed by atoms with van der Waals surface area (Å²) in [6, 6.07) is 5.14. The summed E-state index contributed by atoms with van der Waals surface area (Å²) in [4.78, 5) is 49.6. The molecule has 1 aromatic heterocycles. The monoisotopic (exact) mass is 417 g/mol. The summed E-state index contributed by atoms with van der Waals surface area (Å²) in [6.45, 7) is -0.126. The molecule has 1 saturated heterocycles. The molecule has 0 bridgehead atoms. The third kappa shape index (κ3) is 4.35. The lowest BCUT2D eigenvalue weighted by Gasteiger charge is -2.16. The number of benzene rings is 1. The van der Waals surface area contributed by atoms with Gasteiger partial charge >= 0.3 is 12.0 Å². The fourth-order valence-electron chi connectivity index (χ4n) is 2.74. The molecule has 0 radical (unpaired) electrons. The molecule has 11 nitrogen and oxygen atoms in total. The molecule has 2 N–H and O–H groups in total. The van der Waals surface area contributed by atoms with Crippen molar-refractivity contribution in [1.29, 1.82) is 0 Å². The Bertz CT molecular complexity index is 970. The number of imide groups is 1. The fraction of sp³-hybridized carbons (Fsp3) is 0.263. The summed E-state index contributed by atoms with van der Waals surface area (Å²) in [6.07, 6.45) is 1.33. The summed E-state index contributed by atoms with van der Waals surface area (Å²) in [5.74, 6) is -1.68. The molecule has 0 saturated carbocycles. The molecule has 1 aliphatic rings. The molecule has 0 atom stereocenters. The molecule has 1 fully saturated rings. The van der Waals surface area contributed by atoms with Crippen LogP contribution < -0.4 is 20.1 Å². The number of nitrogens with zero attached hydrogens (tertiary/aromatic N) is 1. The van der Waals surface area contributed by atoms with Crippen molar-refractivity contribution in [2.24, 2.45) is 0 Å². The molecule has 1 aromatic carbocycles. The summed E-state index contributed by atoms with van der Waals surface area (Å²) < 4.78 is 20.5. The maximum Gasteiger partial charge on any atom is 0.340 e. The summed E-state index contributed by atoms with van der Waals surface area (Å²) >= 11 is 0. The SMILES string of the molecule is COc1cc(NC(=O)c2ccco2)c(C(=O)OCC(=O)N2CCNC2=O)cc1OC. The maximum atomic E-state index is 12.6. The van der Waals surface area contributed by atoms with Gasteiger partial charge in [0.1, 0.15) is 0 Å². The molecule has 3 rings (SSSR count). The molecule has 0 unspecified atom stereocenters. The Hall–Kier alpha value is -4.02. The lowest BCUT2D eigenvalue weighted by atomic mass is 10.1. The molecule has 1 aliphatic heterocycles. The standard InChI is InChI=1S/C19H19N3O8/c1-27-14-8-11(18(25)30-10-16(23)22-6-5-20-19(22)26)12(9-15(14)28-2)21-17(24)13-4-3-7-29-13/h3-4,7-9H,5-6,10H2,1-2H3,(H,20,26)(H,21,24). The van der Waals surface area contributed by atoms with E-state index in [9.17, 15) is 19.2 Å². The first kappa shape index (κ1) is 20.7. The number of furan rings is 1. The van der Waals surface area contributed by atoms with Crippen molar-refractivity contribution in [1.82, 2.24) is 10.2 Å². The third-order valence-electron chi connectivity index (χ3n) is 4.22. The first-order valence-corrected chi connectivity index (χ1v) is 8.80. The molecule has 2 aromatic rings. The molecule has 4 amide bonds. The van der Waals surface area contributed by atoms with Crippen molar-refractivity contribution in [2.75, 3.05) is 39.2 Å². The van der Waals surface area contributed by atoms with Gasteiger partial charge < -0.3 is 29.3 Å². The highest BCUT2D eigenvalue weighted by Gasteiger charge is 2.28. The second kappa shape index (κ2) is 8.99. The number of carbonyl (C=O) groups is 4. The third-order valence-corrected chi connectivity index (χ3v) is 4.22. The molecule has 11 heteroatoms. The van der Waals surface area contributed by atoms with E-state index in [0.717, 1.165) is 4.90 Å². The predicted molar refractivity (Wildman–Crippen MR) is 102 cm³/mol. The van der Waals surface area contributed by atoms with E-state index >= 15 is 0 Å². The van der Waals surface area contributed by atoms with Crippen LogP contribution in [0.15, 0.2) is 34.9 Å². The van der Waals surface area contributed by atoms with Gasteiger partial charge in [-0.25, -0.2) is 9.59 Å². The van der Waals surface area contributed by atoms with E-state index in [4.69, 9.17) is 18.6 Å². The van der Waals surface area contributed by atoms with Gasteiger partial charge in [0.05, 0.1) is 31.7 Å². The van der Waals surface area contributed by atoms with Gasteiger partial charge in [0.15, 0.2) is 23.9 Å². The zero-order valence-corrected chi connectivity index (χ0v) is 16.2. The number of rotatable bonds is 7. The molecular weight excluding hydrogens is 398 g/mol. The van der Waals surface area contributed by atoms with Gasteiger partial charge in [-0.2, -0.15) is 0 Å². The van der Waals surface area contributed by atoms with Gasteiger partial charge in [-0.3, -0.25) is 14.5 Å². The van der Waals surface area contributed by atoms with Gasteiger partial charge in [-0.1, -0.05) is 0 Å². The molecule has 0 aliphatic carbocycles. The maximum absolute atomic E-state index is 12.6. The zero-order valence-electron chi connectivity index (χ0n) is 16.2. The Kier molecular flexibility index (Phi) is 6.20. The van der Waals surface area contributed by atoms with Crippen LogP contribution in [0.4, 0.5) is 10.5 Å². The first-order chi connectivity index (χ1) is 14.4. The number of carbonyl (C=O) groups excluding carboxylic acids is 4. The fourth-order valence-corrected chi connectivity index (χ4v) is 2.74. The number of methoxy groups -OCH3 is 2.